The zero-order valence-electron chi connectivity index (χ0n) is 9.67. The van der Waals surface area contributed by atoms with E-state index in [0.29, 0.717) is 12.1 Å². The van der Waals surface area contributed by atoms with Gasteiger partial charge in [0.15, 0.2) is 0 Å². The van der Waals surface area contributed by atoms with Gasteiger partial charge in [-0.3, -0.25) is 0 Å². The molecule has 1 aliphatic rings. The van der Waals surface area contributed by atoms with Gasteiger partial charge >= 0.3 is 0 Å². The molecule has 1 saturated heterocycles. The van der Waals surface area contributed by atoms with Gasteiger partial charge in [-0.15, -0.1) is 0 Å². The molecule has 0 spiro atoms. The molecule has 2 N–H and O–H groups in total. The van der Waals surface area contributed by atoms with E-state index in [1.165, 1.54) is 18.4 Å². The molecule has 0 aliphatic carbocycles. The van der Waals surface area contributed by atoms with Crippen molar-refractivity contribution in [3.8, 4) is 0 Å². The lowest BCUT2D eigenvalue weighted by molar-refractivity contribution is 0.359. The minimum atomic E-state index is 0.431. The highest BCUT2D eigenvalue weighted by molar-refractivity contribution is 9.10. The molecule has 1 aromatic carbocycles. The van der Waals surface area contributed by atoms with Crippen LogP contribution < -0.4 is 10.6 Å². The number of rotatable bonds is 3. The van der Waals surface area contributed by atoms with Crippen LogP contribution in [0.4, 0.5) is 0 Å². The van der Waals surface area contributed by atoms with E-state index in [4.69, 9.17) is 0 Å². The summed E-state index contributed by atoms with van der Waals surface area (Å²) in [6.45, 7) is 4.52. The lowest BCUT2D eigenvalue weighted by atomic mass is 10.0. The summed E-state index contributed by atoms with van der Waals surface area (Å²) in [7, 11) is 0. The van der Waals surface area contributed by atoms with Crippen LogP contribution in [0.1, 0.15) is 31.4 Å². The maximum Gasteiger partial charge on any atom is 0.0294 e. The molecule has 3 heteroatoms. The van der Waals surface area contributed by atoms with Gasteiger partial charge in [0.25, 0.3) is 0 Å². The minimum Gasteiger partial charge on any atom is -0.317 e. The van der Waals surface area contributed by atoms with Crippen LogP contribution in [-0.2, 0) is 0 Å². The normalized spacial score (nSPS) is 19.6. The fraction of sp³-hybridized carbons (Fsp3) is 0.538. The Morgan fingerprint density at radius 3 is 2.81 bits per heavy atom. The molecule has 2 rings (SSSR count). The summed E-state index contributed by atoms with van der Waals surface area (Å²) in [5.74, 6) is 0. The number of hydrogen-bond donors (Lipinski definition) is 2. The average molecular weight is 283 g/mol. The van der Waals surface area contributed by atoms with E-state index in [-0.39, 0.29) is 0 Å². The fourth-order valence-electron chi connectivity index (χ4n) is 2.21. The van der Waals surface area contributed by atoms with Crippen LogP contribution in [0.25, 0.3) is 0 Å². The number of piperidine rings is 1. The molecule has 2 nitrogen and oxygen atoms in total. The van der Waals surface area contributed by atoms with Crippen LogP contribution in [0.15, 0.2) is 28.7 Å². The zero-order valence-corrected chi connectivity index (χ0v) is 11.3. The SMILES string of the molecule is C[C@H](NC1CCNCC1)c1cccc(Br)c1. The van der Waals surface area contributed by atoms with E-state index in [1.54, 1.807) is 0 Å². The number of benzene rings is 1. The molecule has 1 aliphatic heterocycles. The van der Waals surface area contributed by atoms with Gasteiger partial charge in [0, 0.05) is 16.6 Å². The summed E-state index contributed by atoms with van der Waals surface area (Å²) in [4.78, 5) is 0. The van der Waals surface area contributed by atoms with E-state index in [9.17, 15) is 0 Å². The highest BCUT2D eigenvalue weighted by Crippen LogP contribution is 2.19. The lowest BCUT2D eigenvalue weighted by Crippen LogP contribution is -2.40. The van der Waals surface area contributed by atoms with Crippen molar-refractivity contribution in [1.82, 2.24) is 10.6 Å². The Hall–Kier alpha value is -0.380. The largest absolute Gasteiger partial charge is 0.317 e. The third kappa shape index (κ3) is 3.30. The Morgan fingerprint density at radius 1 is 1.38 bits per heavy atom. The Balaban J connectivity index is 1.94. The van der Waals surface area contributed by atoms with Gasteiger partial charge in [0.1, 0.15) is 0 Å². The first-order valence-corrected chi connectivity index (χ1v) is 6.77. The Kier molecular flexibility index (Phi) is 4.38. The summed E-state index contributed by atoms with van der Waals surface area (Å²) in [5, 5.41) is 7.09. The van der Waals surface area contributed by atoms with E-state index >= 15 is 0 Å². The van der Waals surface area contributed by atoms with Crippen molar-refractivity contribution in [3.05, 3.63) is 34.3 Å². The molecule has 1 atom stereocenters. The van der Waals surface area contributed by atoms with E-state index < -0.39 is 0 Å². The van der Waals surface area contributed by atoms with Gasteiger partial charge in [-0.25, -0.2) is 0 Å². The highest BCUT2D eigenvalue weighted by atomic mass is 79.9. The zero-order chi connectivity index (χ0) is 11.4. The Labute approximate surface area is 106 Å². The van der Waals surface area contributed by atoms with Crippen LogP contribution >= 0.6 is 15.9 Å². The Bertz CT molecular complexity index is 334. The van der Waals surface area contributed by atoms with Gasteiger partial charge in [-0.2, -0.15) is 0 Å². The van der Waals surface area contributed by atoms with Crippen molar-refractivity contribution < 1.29 is 0 Å². The predicted octanol–water partition coefficient (Wildman–Crippen LogP) is 2.85. The monoisotopic (exact) mass is 282 g/mol. The lowest BCUT2D eigenvalue weighted by Gasteiger charge is -2.27. The molecule has 1 heterocycles. The summed E-state index contributed by atoms with van der Waals surface area (Å²) < 4.78 is 1.16. The van der Waals surface area contributed by atoms with Crippen molar-refractivity contribution in [2.45, 2.75) is 31.8 Å². The van der Waals surface area contributed by atoms with Crippen LogP contribution in [0.2, 0.25) is 0 Å². The van der Waals surface area contributed by atoms with Gasteiger partial charge in [-0.05, 0) is 50.6 Å². The van der Waals surface area contributed by atoms with Crippen LogP contribution in [0.5, 0.6) is 0 Å². The van der Waals surface area contributed by atoms with E-state index in [2.05, 4.69) is 57.8 Å². The van der Waals surface area contributed by atoms with Crippen LogP contribution in [0.3, 0.4) is 0 Å². The van der Waals surface area contributed by atoms with Crippen molar-refractivity contribution in [2.24, 2.45) is 0 Å². The van der Waals surface area contributed by atoms with Crippen LogP contribution in [-0.4, -0.2) is 19.1 Å². The highest BCUT2D eigenvalue weighted by Gasteiger charge is 2.15. The second-order valence-electron chi connectivity index (χ2n) is 4.47. The van der Waals surface area contributed by atoms with E-state index in [0.717, 1.165) is 17.6 Å². The van der Waals surface area contributed by atoms with Crippen molar-refractivity contribution in [3.63, 3.8) is 0 Å². The molecule has 0 bridgehead atoms. The topological polar surface area (TPSA) is 24.1 Å². The summed E-state index contributed by atoms with van der Waals surface area (Å²) >= 11 is 3.52. The van der Waals surface area contributed by atoms with E-state index in [1.807, 2.05) is 0 Å². The molecule has 1 aromatic rings. The Morgan fingerprint density at radius 2 is 2.12 bits per heavy atom. The maximum atomic E-state index is 3.70. The average Bonchev–Trinajstić information content (AvgIpc) is 2.30. The van der Waals surface area contributed by atoms with Gasteiger partial charge < -0.3 is 10.6 Å². The van der Waals surface area contributed by atoms with Crippen molar-refractivity contribution in [2.75, 3.05) is 13.1 Å². The third-order valence-corrected chi connectivity index (χ3v) is 3.67. The fourth-order valence-corrected chi connectivity index (χ4v) is 2.63. The molecule has 0 amide bonds. The molecule has 0 aromatic heterocycles. The second kappa shape index (κ2) is 5.80. The first-order valence-electron chi connectivity index (χ1n) is 5.98. The standard InChI is InChI=1S/C13H19BrN2/c1-10(11-3-2-4-12(14)9-11)16-13-5-7-15-8-6-13/h2-4,9-10,13,15-16H,5-8H2,1H3/t10-/m0/s1. The molecule has 0 saturated carbocycles. The molecule has 0 unspecified atom stereocenters. The van der Waals surface area contributed by atoms with Crippen LogP contribution in [0, 0.1) is 0 Å². The molecule has 0 radical (unpaired) electrons. The molecule has 88 valence electrons. The number of hydrogen-bond acceptors (Lipinski definition) is 2. The summed E-state index contributed by atoms with van der Waals surface area (Å²) in [6, 6.07) is 9.64. The number of halogens is 1. The third-order valence-electron chi connectivity index (χ3n) is 3.17. The summed E-state index contributed by atoms with van der Waals surface area (Å²) in [5.41, 5.74) is 1.35. The minimum absolute atomic E-state index is 0.431. The second-order valence-corrected chi connectivity index (χ2v) is 5.38. The van der Waals surface area contributed by atoms with Crippen molar-refractivity contribution in [1.29, 1.82) is 0 Å². The quantitative estimate of drug-likeness (QED) is 0.891. The summed E-state index contributed by atoms with van der Waals surface area (Å²) in [6.07, 6.45) is 2.47. The van der Waals surface area contributed by atoms with Crippen molar-refractivity contribution >= 4 is 15.9 Å². The molecule has 1 fully saturated rings. The van der Waals surface area contributed by atoms with Gasteiger partial charge in [-0.1, -0.05) is 28.1 Å². The van der Waals surface area contributed by atoms with Gasteiger partial charge in [0.05, 0.1) is 0 Å². The molecular formula is C13H19BrN2. The first-order chi connectivity index (χ1) is 7.75. The smallest absolute Gasteiger partial charge is 0.0294 e. The maximum absolute atomic E-state index is 3.70. The first kappa shape index (κ1) is 12.1. The molecule has 16 heavy (non-hydrogen) atoms. The predicted molar refractivity (Wildman–Crippen MR) is 71.6 cm³/mol. The molecular weight excluding hydrogens is 264 g/mol. The van der Waals surface area contributed by atoms with Gasteiger partial charge in [0.2, 0.25) is 0 Å². The number of nitrogens with one attached hydrogen (secondary N) is 2.